The molecule has 1 saturated heterocycles. The molecule has 0 bridgehead atoms. The predicted octanol–water partition coefficient (Wildman–Crippen LogP) is 4.02. The summed E-state index contributed by atoms with van der Waals surface area (Å²) in [6, 6.07) is 18.2. The lowest BCUT2D eigenvalue weighted by Gasteiger charge is -2.38. The van der Waals surface area contributed by atoms with Crippen molar-refractivity contribution in [2.24, 2.45) is 0 Å². The number of likely N-dealkylation sites (N-methyl/N-ethyl adjacent to an activating group) is 1. The number of amides is 2. The van der Waals surface area contributed by atoms with Crippen molar-refractivity contribution in [2.45, 2.75) is 54.7 Å². The van der Waals surface area contributed by atoms with Gasteiger partial charge < -0.3 is 15.1 Å². The number of carbonyl (C=O) groups excluding carboxylic acids is 2. The molecule has 224 valence electrons. The van der Waals surface area contributed by atoms with Gasteiger partial charge in [-0.3, -0.25) is 9.59 Å². The van der Waals surface area contributed by atoms with Crippen LogP contribution in [0.3, 0.4) is 0 Å². The third kappa shape index (κ3) is 8.62. The molecule has 9 nitrogen and oxygen atoms in total. The molecule has 4 rings (SSSR count). The third-order valence-electron chi connectivity index (χ3n) is 7.66. The molecule has 42 heavy (non-hydrogen) atoms. The SMILES string of the molecule is CCN(C(=O)Cc1ccc(S(C)(=O)=O)cc1)C1CCN(CC[C@H](NC(=O)c2ccnc(SC)n2)c2ccccc2)CC1. The minimum absolute atomic E-state index is 0.0595. The molecule has 1 N–H and O–H groups in total. The van der Waals surface area contributed by atoms with E-state index in [1.54, 1.807) is 36.5 Å². The van der Waals surface area contributed by atoms with Crippen molar-refractivity contribution >= 4 is 33.4 Å². The lowest BCUT2D eigenvalue weighted by atomic mass is 9.99. The lowest BCUT2D eigenvalue weighted by Crippen LogP contribution is -2.48. The highest BCUT2D eigenvalue weighted by Crippen LogP contribution is 2.22. The number of hydrogen-bond acceptors (Lipinski definition) is 8. The number of benzene rings is 2. The van der Waals surface area contributed by atoms with Crippen molar-refractivity contribution in [1.29, 1.82) is 0 Å². The number of carbonyl (C=O) groups is 2. The summed E-state index contributed by atoms with van der Waals surface area (Å²) in [5.74, 6) is -0.160. The second-order valence-corrected chi connectivity index (χ2v) is 13.3. The highest BCUT2D eigenvalue weighted by Gasteiger charge is 2.28. The smallest absolute Gasteiger partial charge is 0.270 e. The zero-order chi connectivity index (χ0) is 30.1. The van der Waals surface area contributed by atoms with Gasteiger partial charge in [0.05, 0.1) is 17.4 Å². The van der Waals surface area contributed by atoms with E-state index in [2.05, 4.69) is 20.2 Å². The Labute approximate surface area is 253 Å². The molecule has 2 heterocycles. The first-order chi connectivity index (χ1) is 20.2. The van der Waals surface area contributed by atoms with Crippen molar-refractivity contribution in [2.75, 3.05) is 38.7 Å². The molecule has 1 fully saturated rings. The largest absolute Gasteiger partial charge is 0.344 e. The quantitative estimate of drug-likeness (QED) is 0.242. The molecule has 0 saturated carbocycles. The fraction of sp³-hybridized carbons (Fsp3) is 0.419. The topological polar surface area (TPSA) is 113 Å². The van der Waals surface area contributed by atoms with Crippen LogP contribution < -0.4 is 5.32 Å². The number of nitrogens with zero attached hydrogens (tertiary/aromatic N) is 4. The summed E-state index contributed by atoms with van der Waals surface area (Å²) in [5, 5.41) is 3.74. The average Bonchev–Trinajstić information content (AvgIpc) is 3.00. The molecule has 0 aliphatic carbocycles. The van der Waals surface area contributed by atoms with Gasteiger partial charge in [-0.25, -0.2) is 18.4 Å². The molecule has 1 atom stereocenters. The van der Waals surface area contributed by atoms with E-state index in [0.717, 1.165) is 50.0 Å². The molecule has 2 aromatic carbocycles. The van der Waals surface area contributed by atoms with Crippen LogP contribution >= 0.6 is 11.8 Å². The van der Waals surface area contributed by atoms with E-state index < -0.39 is 9.84 Å². The summed E-state index contributed by atoms with van der Waals surface area (Å²) < 4.78 is 23.5. The number of aromatic nitrogens is 2. The Morgan fingerprint density at radius 2 is 1.76 bits per heavy atom. The molecule has 1 aromatic heterocycles. The van der Waals surface area contributed by atoms with Crippen LogP contribution in [-0.4, -0.2) is 84.7 Å². The number of sulfone groups is 1. The van der Waals surface area contributed by atoms with Crippen LogP contribution in [0.2, 0.25) is 0 Å². The van der Waals surface area contributed by atoms with E-state index in [0.29, 0.717) is 17.4 Å². The summed E-state index contributed by atoms with van der Waals surface area (Å²) in [6.45, 7) is 5.20. The molecular weight excluding hydrogens is 571 g/mol. The highest BCUT2D eigenvalue weighted by atomic mass is 32.2. The fourth-order valence-corrected chi connectivity index (χ4v) is 6.33. The van der Waals surface area contributed by atoms with Crippen molar-refractivity contribution in [1.82, 2.24) is 25.1 Å². The van der Waals surface area contributed by atoms with Gasteiger partial charge in [0.2, 0.25) is 5.91 Å². The third-order valence-corrected chi connectivity index (χ3v) is 9.35. The Kier molecular flexibility index (Phi) is 11.1. The molecule has 11 heteroatoms. The van der Waals surface area contributed by atoms with E-state index in [1.165, 1.54) is 18.0 Å². The molecule has 3 aromatic rings. The number of thioether (sulfide) groups is 1. The van der Waals surface area contributed by atoms with Crippen LogP contribution in [0.5, 0.6) is 0 Å². The zero-order valence-electron chi connectivity index (χ0n) is 24.4. The first-order valence-electron chi connectivity index (χ1n) is 14.2. The van der Waals surface area contributed by atoms with Gasteiger partial charge in [0, 0.05) is 44.7 Å². The van der Waals surface area contributed by atoms with Crippen molar-refractivity contribution in [3.8, 4) is 0 Å². The van der Waals surface area contributed by atoms with E-state index in [4.69, 9.17) is 0 Å². The number of nitrogens with one attached hydrogen (secondary N) is 1. The molecule has 1 aliphatic heterocycles. The number of likely N-dealkylation sites (tertiary alicyclic amines) is 1. The maximum absolute atomic E-state index is 13.2. The molecule has 0 spiro atoms. The minimum atomic E-state index is -3.27. The van der Waals surface area contributed by atoms with Crippen LogP contribution in [0.15, 0.2) is 76.9 Å². The van der Waals surface area contributed by atoms with Crippen LogP contribution in [0.25, 0.3) is 0 Å². The van der Waals surface area contributed by atoms with E-state index in [1.807, 2.05) is 48.4 Å². The summed E-state index contributed by atoms with van der Waals surface area (Å²) in [6.07, 6.45) is 7.43. The Balaban J connectivity index is 1.32. The first-order valence-corrected chi connectivity index (χ1v) is 17.3. The van der Waals surface area contributed by atoms with Gasteiger partial charge in [0.15, 0.2) is 15.0 Å². The second kappa shape index (κ2) is 14.8. The standard InChI is InChI=1S/C31H39N5O4S2/c1-4-36(29(37)22-23-10-12-26(13-11-23)42(3,39)40)25-15-19-35(20-16-25)21-17-27(24-8-6-5-7-9-24)33-30(38)28-14-18-32-31(34-28)41-2/h5-14,18,25,27H,4,15-17,19-22H2,1-3H3,(H,33,38)/t27-/m0/s1. The number of piperidine rings is 1. The van der Waals surface area contributed by atoms with Gasteiger partial charge >= 0.3 is 0 Å². The van der Waals surface area contributed by atoms with Gasteiger partial charge in [-0.1, -0.05) is 54.2 Å². The Morgan fingerprint density at radius 1 is 1.07 bits per heavy atom. The highest BCUT2D eigenvalue weighted by molar-refractivity contribution is 7.98. The first kappa shape index (κ1) is 31.7. The number of rotatable bonds is 12. The molecular formula is C31H39N5O4S2. The Hall–Kier alpha value is -3.28. The maximum Gasteiger partial charge on any atom is 0.270 e. The monoisotopic (exact) mass is 609 g/mol. The fourth-order valence-electron chi connectivity index (χ4n) is 5.34. The Morgan fingerprint density at radius 3 is 2.38 bits per heavy atom. The lowest BCUT2D eigenvalue weighted by molar-refractivity contribution is -0.133. The van der Waals surface area contributed by atoms with Crippen LogP contribution in [0.1, 0.15) is 53.8 Å². The van der Waals surface area contributed by atoms with Gasteiger partial charge in [-0.05, 0) is 61.8 Å². The maximum atomic E-state index is 13.2. The minimum Gasteiger partial charge on any atom is -0.344 e. The van der Waals surface area contributed by atoms with E-state index >= 15 is 0 Å². The molecule has 0 radical (unpaired) electrons. The second-order valence-electron chi connectivity index (χ2n) is 10.5. The van der Waals surface area contributed by atoms with Crippen molar-refractivity contribution < 1.29 is 18.0 Å². The molecule has 0 unspecified atom stereocenters. The predicted molar refractivity (Wildman–Crippen MR) is 165 cm³/mol. The molecule has 1 aliphatic rings. The van der Waals surface area contributed by atoms with Gasteiger partial charge in [-0.2, -0.15) is 0 Å². The van der Waals surface area contributed by atoms with Gasteiger partial charge in [0.1, 0.15) is 5.69 Å². The summed E-state index contributed by atoms with van der Waals surface area (Å²) in [4.78, 5) is 39.4. The van der Waals surface area contributed by atoms with Gasteiger partial charge in [-0.15, -0.1) is 0 Å². The summed E-state index contributed by atoms with van der Waals surface area (Å²) >= 11 is 1.40. The van der Waals surface area contributed by atoms with Crippen LogP contribution in [0, 0.1) is 0 Å². The van der Waals surface area contributed by atoms with Gasteiger partial charge in [0.25, 0.3) is 5.91 Å². The van der Waals surface area contributed by atoms with Crippen LogP contribution in [-0.2, 0) is 21.1 Å². The molecule has 2 amide bonds. The van der Waals surface area contributed by atoms with Crippen molar-refractivity contribution in [3.63, 3.8) is 0 Å². The van der Waals surface area contributed by atoms with Crippen LogP contribution in [0.4, 0.5) is 0 Å². The van der Waals surface area contributed by atoms with E-state index in [9.17, 15) is 18.0 Å². The van der Waals surface area contributed by atoms with Crippen molar-refractivity contribution in [3.05, 3.63) is 83.7 Å². The normalized spacial score (nSPS) is 15.2. The summed E-state index contributed by atoms with van der Waals surface area (Å²) in [5.41, 5.74) is 2.21. The van der Waals surface area contributed by atoms with E-state index in [-0.39, 0.29) is 35.2 Å². The average molecular weight is 610 g/mol. The number of hydrogen-bond donors (Lipinski definition) is 1. The summed E-state index contributed by atoms with van der Waals surface area (Å²) in [7, 11) is -3.27. The zero-order valence-corrected chi connectivity index (χ0v) is 26.0. The Bertz CT molecular complexity index is 1440.